The van der Waals surface area contributed by atoms with E-state index in [1.807, 2.05) is 0 Å². The molecule has 0 aliphatic carbocycles. The standard InChI is InChI=1S/C16H13ClFN3O3S/c17-12-5-10(6-13-14(12)24-8-23-13)15(22)20-21-16(25)19-7-9-1-3-11(18)4-2-9/h1-6H,7-8H2,(H,20,22)(H2,19,21,25). The maximum absolute atomic E-state index is 12.8. The van der Waals surface area contributed by atoms with E-state index in [0.29, 0.717) is 23.6 Å². The number of hydrazine groups is 1. The third kappa shape index (κ3) is 4.28. The normalized spacial score (nSPS) is 11.8. The van der Waals surface area contributed by atoms with Crippen LogP contribution in [0.15, 0.2) is 36.4 Å². The van der Waals surface area contributed by atoms with Crippen molar-refractivity contribution in [3.63, 3.8) is 0 Å². The zero-order valence-electron chi connectivity index (χ0n) is 12.8. The molecular formula is C16H13ClFN3O3S. The van der Waals surface area contributed by atoms with Gasteiger partial charge >= 0.3 is 0 Å². The summed E-state index contributed by atoms with van der Waals surface area (Å²) in [6, 6.07) is 8.99. The van der Waals surface area contributed by atoms with Crippen molar-refractivity contribution < 1.29 is 18.7 Å². The molecule has 0 aromatic heterocycles. The largest absolute Gasteiger partial charge is 0.454 e. The first kappa shape index (κ1) is 17.2. The molecule has 25 heavy (non-hydrogen) atoms. The van der Waals surface area contributed by atoms with Crippen molar-refractivity contribution in [2.75, 3.05) is 6.79 Å². The maximum atomic E-state index is 12.8. The number of hydrogen-bond donors (Lipinski definition) is 3. The van der Waals surface area contributed by atoms with Gasteiger partial charge in [-0.3, -0.25) is 15.6 Å². The lowest BCUT2D eigenvalue weighted by Crippen LogP contribution is -2.46. The average molecular weight is 382 g/mol. The Morgan fingerprint density at radius 2 is 1.96 bits per heavy atom. The van der Waals surface area contributed by atoms with Gasteiger partial charge in [-0.1, -0.05) is 23.7 Å². The van der Waals surface area contributed by atoms with Crippen molar-refractivity contribution >= 4 is 34.8 Å². The molecule has 6 nitrogen and oxygen atoms in total. The smallest absolute Gasteiger partial charge is 0.269 e. The van der Waals surface area contributed by atoms with Crippen LogP contribution in [0.25, 0.3) is 0 Å². The minimum absolute atomic E-state index is 0.0652. The van der Waals surface area contributed by atoms with Crippen molar-refractivity contribution in [2.24, 2.45) is 0 Å². The molecule has 0 saturated carbocycles. The summed E-state index contributed by atoms with van der Waals surface area (Å²) in [5.74, 6) is 0.0857. The summed E-state index contributed by atoms with van der Waals surface area (Å²) in [4.78, 5) is 12.2. The molecule has 0 saturated heterocycles. The number of ether oxygens (including phenoxy) is 2. The van der Waals surface area contributed by atoms with Crippen LogP contribution in [0.5, 0.6) is 11.5 Å². The summed E-state index contributed by atoms with van der Waals surface area (Å²) < 4.78 is 23.2. The number of thiocarbonyl (C=S) groups is 1. The number of amides is 1. The lowest BCUT2D eigenvalue weighted by molar-refractivity contribution is 0.0943. The number of hydrogen-bond acceptors (Lipinski definition) is 4. The Balaban J connectivity index is 1.51. The van der Waals surface area contributed by atoms with Gasteiger partial charge in [0.1, 0.15) is 5.82 Å². The summed E-state index contributed by atoms with van der Waals surface area (Å²) in [6.45, 7) is 0.452. The summed E-state index contributed by atoms with van der Waals surface area (Å²) in [6.07, 6.45) is 0. The Morgan fingerprint density at radius 1 is 1.20 bits per heavy atom. The first-order chi connectivity index (χ1) is 12.0. The lowest BCUT2D eigenvalue weighted by Gasteiger charge is -2.12. The fourth-order valence-corrected chi connectivity index (χ4v) is 2.50. The van der Waals surface area contributed by atoms with E-state index < -0.39 is 5.91 Å². The fourth-order valence-electron chi connectivity index (χ4n) is 2.11. The lowest BCUT2D eigenvalue weighted by atomic mass is 10.2. The summed E-state index contributed by atoms with van der Waals surface area (Å²) >= 11 is 11.1. The average Bonchev–Trinajstić information content (AvgIpc) is 3.08. The summed E-state index contributed by atoms with van der Waals surface area (Å²) in [7, 11) is 0. The molecule has 130 valence electrons. The number of nitrogens with one attached hydrogen (secondary N) is 3. The second-order valence-corrected chi connectivity index (χ2v) is 5.90. The molecule has 0 radical (unpaired) electrons. The zero-order valence-corrected chi connectivity index (χ0v) is 14.3. The van der Waals surface area contributed by atoms with E-state index in [9.17, 15) is 9.18 Å². The zero-order chi connectivity index (χ0) is 17.8. The first-order valence-electron chi connectivity index (χ1n) is 7.20. The van der Waals surface area contributed by atoms with Gasteiger partial charge in [0.2, 0.25) is 6.79 Å². The van der Waals surface area contributed by atoms with Crippen LogP contribution in [0.2, 0.25) is 5.02 Å². The van der Waals surface area contributed by atoms with Crippen LogP contribution < -0.4 is 25.6 Å². The quantitative estimate of drug-likeness (QED) is 0.560. The van der Waals surface area contributed by atoms with Crippen molar-refractivity contribution in [1.82, 2.24) is 16.2 Å². The number of halogens is 2. The molecule has 2 aromatic rings. The Labute approximate surface area is 153 Å². The molecule has 0 bridgehead atoms. The molecule has 9 heteroatoms. The Hall–Kier alpha value is -2.58. The number of carbonyl (C=O) groups excluding carboxylic acids is 1. The molecule has 1 aliphatic heterocycles. The van der Waals surface area contributed by atoms with Crippen molar-refractivity contribution in [3.8, 4) is 11.5 Å². The number of benzene rings is 2. The van der Waals surface area contributed by atoms with Gasteiger partial charge in [-0.2, -0.15) is 0 Å². The van der Waals surface area contributed by atoms with Crippen molar-refractivity contribution in [3.05, 3.63) is 58.4 Å². The minimum Gasteiger partial charge on any atom is -0.454 e. The van der Waals surface area contributed by atoms with Gasteiger partial charge in [0.15, 0.2) is 16.6 Å². The van der Waals surface area contributed by atoms with Gasteiger partial charge in [0.25, 0.3) is 5.91 Å². The van der Waals surface area contributed by atoms with E-state index in [-0.39, 0.29) is 22.7 Å². The van der Waals surface area contributed by atoms with Crippen molar-refractivity contribution in [2.45, 2.75) is 6.54 Å². The van der Waals surface area contributed by atoms with E-state index >= 15 is 0 Å². The molecule has 3 rings (SSSR count). The molecule has 0 atom stereocenters. The predicted molar refractivity (Wildman–Crippen MR) is 94.0 cm³/mol. The van der Waals surface area contributed by atoms with Gasteiger partial charge in [-0.05, 0) is 42.0 Å². The molecule has 1 amide bonds. The van der Waals surface area contributed by atoms with Crippen molar-refractivity contribution in [1.29, 1.82) is 0 Å². The number of rotatable bonds is 3. The molecule has 3 N–H and O–H groups in total. The van der Waals surface area contributed by atoms with Gasteiger partial charge in [-0.15, -0.1) is 0 Å². The molecular weight excluding hydrogens is 369 g/mol. The van der Waals surface area contributed by atoms with Gasteiger partial charge < -0.3 is 14.8 Å². The topological polar surface area (TPSA) is 71.6 Å². The van der Waals surface area contributed by atoms with E-state index in [1.165, 1.54) is 24.3 Å². The van der Waals surface area contributed by atoms with Gasteiger partial charge in [-0.25, -0.2) is 4.39 Å². The van der Waals surface area contributed by atoms with Gasteiger partial charge in [0, 0.05) is 12.1 Å². The summed E-state index contributed by atoms with van der Waals surface area (Å²) in [5, 5.41) is 3.39. The highest BCUT2D eigenvalue weighted by Gasteiger charge is 2.20. The molecule has 0 spiro atoms. The number of fused-ring (bicyclic) bond motifs is 1. The highest BCUT2D eigenvalue weighted by atomic mass is 35.5. The van der Waals surface area contributed by atoms with Crippen LogP contribution in [-0.4, -0.2) is 17.8 Å². The van der Waals surface area contributed by atoms with Crippen LogP contribution in [-0.2, 0) is 6.54 Å². The van der Waals surface area contributed by atoms with Crippen LogP contribution in [0.4, 0.5) is 4.39 Å². The maximum Gasteiger partial charge on any atom is 0.269 e. The van der Waals surface area contributed by atoms with E-state index in [2.05, 4.69) is 16.2 Å². The molecule has 1 aliphatic rings. The summed E-state index contributed by atoms with van der Waals surface area (Å²) in [5.41, 5.74) is 6.18. The fraction of sp³-hybridized carbons (Fsp3) is 0.125. The SMILES string of the molecule is O=C(NNC(=S)NCc1ccc(F)cc1)c1cc(Cl)c2c(c1)OCO2. The molecule has 2 aromatic carbocycles. The van der Waals surface area contributed by atoms with E-state index in [4.69, 9.17) is 33.3 Å². The van der Waals surface area contributed by atoms with Crippen LogP contribution in [0.1, 0.15) is 15.9 Å². The highest BCUT2D eigenvalue weighted by molar-refractivity contribution is 7.80. The third-order valence-electron chi connectivity index (χ3n) is 3.35. The van der Waals surface area contributed by atoms with Crippen LogP contribution in [0.3, 0.4) is 0 Å². The Bertz CT molecular complexity index is 817. The molecule has 0 fully saturated rings. The van der Waals surface area contributed by atoms with E-state index in [1.54, 1.807) is 12.1 Å². The predicted octanol–water partition coefficient (Wildman–Crippen LogP) is 2.52. The Kier molecular flexibility index (Phi) is 5.20. The highest BCUT2D eigenvalue weighted by Crippen LogP contribution is 2.39. The Morgan fingerprint density at radius 3 is 2.72 bits per heavy atom. The minimum atomic E-state index is -0.439. The molecule has 1 heterocycles. The first-order valence-corrected chi connectivity index (χ1v) is 7.99. The van der Waals surface area contributed by atoms with Crippen LogP contribution >= 0.6 is 23.8 Å². The third-order valence-corrected chi connectivity index (χ3v) is 3.87. The van der Waals surface area contributed by atoms with E-state index in [0.717, 1.165) is 5.56 Å². The van der Waals surface area contributed by atoms with Gasteiger partial charge in [0.05, 0.1) is 5.02 Å². The second-order valence-electron chi connectivity index (χ2n) is 5.08. The van der Waals surface area contributed by atoms with Crippen LogP contribution in [0, 0.1) is 5.82 Å². The second kappa shape index (κ2) is 7.54. The monoisotopic (exact) mass is 381 g/mol. The molecule has 0 unspecified atom stereocenters. The number of carbonyl (C=O) groups is 1.